The van der Waals surface area contributed by atoms with Gasteiger partial charge in [0.2, 0.25) is 0 Å². The number of aromatic nitrogens is 2. The first-order chi connectivity index (χ1) is 9.93. The Morgan fingerprint density at radius 1 is 1.15 bits per heavy atom. The van der Waals surface area contributed by atoms with E-state index in [2.05, 4.69) is 51.2 Å². The summed E-state index contributed by atoms with van der Waals surface area (Å²) in [6, 6.07) is 4.51. The number of hydrogen-bond acceptors (Lipinski definition) is 3. The number of rotatable bonds is 1. The molecule has 0 aromatic carbocycles. The van der Waals surface area contributed by atoms with Gasteiger partial charge in [0.15, 0.2) is 0 Å². The number of nitrogens with zero attached hydrogens (tertiary/aromatic N) is 1. The van der Waals surface area contributed by atoms with Crippen molar-refractivity contribution in [3.05, 3.63) is 41.3 Å². The summed E-state index contributed by atoms with van der Waals surface area (Å²) < 4.78 is 0. The van der Waals surface area contributed by atoms with Crippen LogP contribution in [0.4, 0.5) is 5.82 Å². The van der Waals surface area contributed by atoms with Crippen molar-refractivity contribution in [2.45, 2.75) is 24.0 Å². The molecule has 1 atom stereocenters. The second kappa shape index (κ2) is 5.45. The zero-order valence-corrected chi connectivity index (χ0v) is 13.0. The van der Waals surface area contributed by atoms with Crippen molar-refractivity contribution in [2.75, 3.05) is 23.0 Å². The monoisotopic (exact) mass is 305 g/mol. The van der Waals surface area contributed by atoms with Crippen molar-refractivity contribution >= 4 is 29.3 Å². The molecule has 2 N–H and O–H groups in total. The Kier molecular flexibility index (Phi) is 3.48. The predicted molar refractivity (Wildman–Crippen MR) is 88.6 cm³/mol. The highest BCUT2D eigenvalue weighted by atomic mass is 32.2. The first kappa shape index (κ1) is 12.8. The fourth-order valence-corrected chi connectivity index (χ4v) is 5.37. The lowest BCUT2D eigenvalue weighted by Crippen LogP contribution is -2.29. The quantitative estimate of drug-likeness (QED) is 0.841. The van der Waals surface area contributed by atoms with E-state index in [-0.39, 0.29) is 0 Å². The average Bonchev–Trinajstić information content (AvgIpc) is 3.01. The van der Waals surface area contributed by atoms with E-state index < -0.39 is 0 Å². The standard InChI is InChI=1S/C15H19N3S2/c1-2-13-12(4-6-16-13)15(20-8-1)18-7-9-19-10-11-3-5-17-14(11)18/h3-6,15-17H,1-2,7-10H2. The van der Waals surface area contributed by atoms with Crippen LogP contribution < -0.4 is 4.90 Å². The van der Waals surface area contributed by atoms with Gasteiger partial charge in [0.05, 0.1) is 0 Å². The van der Waals surface area contributed by atoms with Crippen molar-refractivity contribution in [2.24, 2.45) is 0 Å². The molecule has 2 aliphatic rings. The molecule has 106 valence electrons. The van der Waals surface area contributed by atoms with Crippen molar-refractivity contribution in [3.8, 4) is 0 Å². The van der Waals surface area contributed by atoms with Crippen molar-refractivity contribution in [1.29, 1.82) is 0 Å². The summed E-state index contributed by atoms with van der Waals surface area (Å²) in [5.41, 5.74) is 4.37. The number of fused-ring (bicyclic) bond motifs is 2. The fraction of sp³-hybridized carbons (Fsp3) is 0.467. The van der Waals surface area contributed by atoms with Crippen LogP contribution in [0.2, 0.25) is 0 Å². The number of nitrogens with one attached hydrogen (secondary N) is 2. The lowest BCUT2D eigenvalue weighted by atomic mass is 10.1. The summed E-state index contributed by atoms with van der Waals surface area (Å²) in [6.45, 7) is 1.13. The summed E-state index contributed by atoms with van der Waals surface area (Å²) in [7, 11) is 0. The van der Waals surface area contributed by atoms with Gasteiger partial charge in [-0.05, 0) is 30.7 Å². The minimum atomic E-state index is 0.454. The first-order valence-electron chi connectivity index (χ1n) is 7.22. The van der Waals surface area contributed by atoms with Gasteiger partial charge < -0.3 is 14.9 Å². The molecule has 5 heteroatoms. The topological polar surface area (TPSA) is 34.8 Å². The third-order valence-corrected chi connectivity index (χ3v) is 6.43. The highest BCUT2D eigenvalue weighted by molar-refractivity contribution is 7.99. The zero-order chi connectivity index (χ0) is 13.4. The SMILES string of the molecule is c1cc2c([nH]1)CCCSC2N1CCSCc2cc[nH]c21. The molecule has 0 spiro atoms. The molecule has 4 rings (SSSR count). The van der Waals surface area contributed by atoms with E-state index in [1.54, 1.807) is 0 Å². The van der Waals surface area contributed by atoms with Crippen LogP contribution in [0.3, 0.4) is 0 Å². The zero-order valence-electron chi connectivity index (χ0n) is 11.4. The molecule has 2 aromatic heterocycles. The van der Waals surface area contributed by atoms with Crippen LogP contribution >= 0.6 is 23.5 Å². The molecule has 0 bridgehead atoms. The number of anilines is 1. The van der Waals surface area contributed by atoms with E-state index in [1.165, 1.54) is 47.0 Å². The smallest absolute Gasteiger partial charge is 0.111 e. The summed E-state index contributed by atoms with van der Waals surface area (Å²) in [5.74, 6) is 4.92. The van der Waals surface area contributed by atoms with Crippen molar-refractivity contribution in [1.82, 2.24) is 9.97 Å². The van der Waals surface area contributed by atoms with Crippen LogP contribution in [0.15, 0.2) is 24.5 Å². The van der Waals surface area contributed by atoms with Gasteiger partial charge in [0.25, 0.3) is 0 Å². The van der Waals surface area contributed by atoms with Crippen LogP contribution in [-0.2, 0) is 12.2 Å². The maximum Gasteiger partial charge on any atom is 0.111 e. The highest BCUT2D eigenvalue weighted by Crippen LogP contribution is 2.42. The van der Waals surface area contributed by atoms with Crippen molar-refractivity contribution < 1.29 is 0 Å². The summed E-state index contributed by atoms with van der Waals surface area (Å²) >= 11 is 4.13. The van der Waals surface area contributed by atoms with Gasteiger partial charge >= 0.3 is 0 Å². The molecule has 1 unspecified atom stereocenters. The maximum atomic E-state index is 3.48. The van der Waals surface area contributed by atoms with E-state index >= 15 is 0 Å². The van der Waals surface area contributed by atoms with Crippen LogP contribution in [-0.4, -0.2) is 28.0 Å². The molecule has 4 heterocycles. The number of hydrogen-bond donors (Lipinski definition) is 2. The molecule has 0 amide bonds. The van der Waals surface area contributed by atoms with Gasteiger partial charge in [0.1, 0.15) is 11.2 Å². The normalized spacial score (nSPS) is 22.8. The molecular formula is C15H19N3S2. The van der Waals surface area contributed by atoms with Gasteiger partial charge in [-0.2, -0.15) is 11.8 Å². The minimum Gasteiger partial charge on any atom is -0.365 e. The number of aryl methyl sites for hydroxylation is 1. The molecule has 0 radical (unpaired) electrons. The molecule has 0 fully saturated rings. The summed E-state index contributed by atoms with van der Waals surface area (Å²) in [6.07, 6.45) is 6.65. The number of thioether (sulfide) groups is 2. The Morgan fingerprint density at radius 2 is 2.10 bits per heavy atom. The predicted octanol–water partition coefficient (Wildman–Crippen LogP) is 3.77. The maximum absolute atomic E-state index is 3.48. The minimum absolute atomic E-state index is 0.454. The van der Waals surface area contributed by atoms with Gasteiger partial charge in [-0.1, -0.05) is 0 Å². The molecule has 3 nitrogen and oxygen atoms in total. The van der Waals surface area contributed by atoms with Crippen LogP contribution in [0.25, 0.3) is 0 Å². The third-order valence-electron chi connectivity index (χ3n) is 4.09. The molecule has 0 saturated heterocycles. The Balaban J connectivity index is 1.74. The Labute approximate surface area is 127 Å². The van der Waals surface area contributed by atoms with Crippen molar-refractivity contribution in [3.63, 3.8) is 0 Å². The summed E-state index contributed by atoms with van der Waals surface area (Å²) in [4.78, 5) is 9.50. The Hall–Kier alpha value is -0.940. The van der Waals surface area contributed by atoms with E-state index in [1.807, 2.05) is 11.8 Å². The van der Waals surface area contributed by atoms with Gasteiger partial charge in [-0.3, -0.25) is 0 Å². The largest absolute Gasteiger partial charge is 0.365 e. The molecule has 2 aliphatic heterocycles. The van der Waals surface area contributed by atoms with E-state index in [0.29, 0.717) is 5.37 Å². The molecule has 20 heavy (non-hydrogen) atoms. The number of H-pyrrole nitrogens is 2. The second-order valence-electron chi connectivity index (χ2n) is 5.34. The molecule has 0 saturated carbocycles. The molecule has 0 aliphatic carbocycles. The molecular weight excluding hydrogens is 286 g/mol. The van der Waals surface area contributed by atoms with E-state index in [0.717, 1.165) is 12.3 Å². The van der Waals surface area contributed by atoms with E-state index in [4.69, 9.17) is 0 Å². The van der Waals surface area contributed by atoms with Crippen LogP contribution in [0.1, 0.15) is 28.6 Å². The average molecular weight is 305 g/mol. The second-order valence-corrected chi connectivity index (χ2v) is 7.63. The Morgan fingerprint density at radius 3 is 3.10 bits per heavy atom. The molecule has 2 aromatic rings. The van der Waals surface area contributed by atoms with Gasteiger partial charge in [-0.25, -0.2) is 0 Å². The third kappa shape index (κ3) is 2.17. The highest BCUT2D eigenvalue weighted by Gasteiger charge is 2.29. The first-order valence-corrected chi connectivity index (χ1v) is 9.42. The Bertz CT molecular complexity index is 537. The van der Waals surface area contributed by atoms with Gasteiger partial charge in [-0.15, -0.1) is 11.8 Å². The fourth-order valence-electron chi connectivity index (χ4n) is 3.12. The van der Waals surface area contributed by atoms with Crippen LogP contribution in [0.5, 0.6) is 0 Å². The lowest BCUT2D eigenvalue weighted by Gasteiger charge is -2.31. The number of aromatic amines is 2. The van der Waals surface area contributed by atoms with E-state index in [9.17, 15) is 0 Å². The van der Waals surface area contributed by atoms with Crippen LogP contribution in [0, 0.1) is 0 Å². The lowest BCUT2D eigenvalue weighted by molar-refractivity contribution is 0.800. The summed E-state index contributed by atoms with van der Waals surface area (Å²) in [5, 5.41) is 0.454. The van der Waals surface area contributed by atoms with Gasteiger partial charge in [0, 0.05) is 47.3 Å².